The summed E-state index contributed by atoms with van der Waals surface area (Å²) >= 11 is -7.49. The van der Waals surface area contributed by atoms with Crippen LogP contribution in [-0.2, 0) is 0 Å². The molecule has 0 aliphatic rings. The quantitative estimate of drug-likeness (QED) is 0.0879. The molecule has 0 fully saturated rings. The van der Waals surface area contributed by atoms with E-state index in [0.29, 0.717) is 24.3 Å². The Bertz CT molecular complexity index is 1990. The number of rotatable bonds is 13. The fourth-order valence-corrected chi connectivity index (χ4v) is 23.9. The Morgan fingerprint density at radius 1 is 0.373 bits per heavy atom. The molecular weight excluding hydrogens is 877 g/mol. The topological polar surface area (TPSA) is 277 Å². The molecule has 0 unspecified atom stereocenters. The fourth-order valence-electron chi connectivity index (χ4n) is 5.34. The first-order valence-corrected chi connectivity index (χ1v) is 22.1. The van der Waals surface area contributed by atoms with Crippen LogP contribution >= 0.6 is 0 Å². The van der Waals surface area contributed by atoms with Gasteiger partial charge >= 0.3 is 286 Å². The molecule has 0 radical (unpaired) electrons. The summed E-state index contributed by atoms with van der Waals surface area (Å²) in [5.74, 6) is -2.35. The molecule has 0 aliphatic carbocycles. The van der Waals surface area contributed by atoms with Crippen molar-refractivity contribution in [3.05, 3.63) is 176 Å². The first-order valence-electron chi connectivity index (χ1n) is 14.0. The van der Waals surface area contributed by atoms with Gasteiger partial charge in [-0.15, -0.1) is 0 Å². The van der Waals surface area contributed by atoms with Crippen LogP contribution in [0.3, 0.4) is 0 Å². The van der Waals surface area contributed by atoms with E-state index >= 15 is 0 Å². The third kappa shape index (κ3) is 6.08. The van der Waals surface area contributed by atoms with Crippen LogP contribution in [0.15, 0.2) is 115 Å². The van der Waals surface area contributed by atoms with E-state index in [9.17, 15) is 60.7 Å². The fraction of sp³-hybridized carbons (Fsp3) is 0. The minimum atomic E-state index is -7.49. The van der Waals surface area contributed by atoms with Gasteiger partial charge in [0.2, 0.25) is 0 Å². The maximum atomic E-state index is 12.5. The van der Waals surface area contributed by atoms with E-state index in [4.69, 9.17) is 5.63 Å². The van der Waals surface area contributed by atoms with Crippen LogP contribution in [-0.4, -0.2) is 49.2 Å². The molecule has 20 nitrogen and oxygen atoms in total. The van der Waals surface area contributed by atoms with E-state index < -0.39 is 94.8 Å². The third-order valence-corrected chi connectivity index (χ3v) is 26.0. The zero-order valence-electron chi connectivity index (χ0n) is 25.3. The van der Waals surface area contributed by atoms with E-state index in [2.05, 4.69) is 0 Å². The van der Waals surface area contributed by atoms with Gasteiger partial charge in [-0.25, -0.2) is 0 Å². The Labute approximate surface area is 285 Å². The van der Waals surface area contributed by atoms with E-state index in [1.54, 1.807) is 0 Å². The molecule has 0 amide bonds. The molecule has 258 valence electrons. The van der Waals surface area contributed by atoms with Crippen LogP contribution in [0, 0.1) is 60.7 Å². The molecule has 5 rings (SSSR count). The van der Waals surface area contributed by atoms with Crippen LogP contribution in [0.2, 0.25) is 0 Å². The van der Waals surface area contributed by atoms with E-state index in [1.165, 1.54) is 91.0 Å². The Hall–Kier alpha value is -7.02. The predicted octanol–water partition coefficient (Wildman–Crippen LogP) is 4.71. The van der Waals surface area contributed by atoms with Gasteiger partial charge in [-0.3, -0.25) is 0 Å². The summed E-state index contributed by atoms with van der Waals surface area (Å²) in [5, 5.41) is 73.6. The predicted molar refractivity (Wildman–Crippen MR) is 178 cm³/mol. The van der Waals surface area contributed by atoms with Crippen molar-refractivity contribution in [3.63, 3.8) is 0 Å². The van der Waals surface area contributed by atoms with Gasteiger partial charge in [0, 0.05) is 0 Å². The zero-order chi connectivity index (χ0) is 37.1. The summed E-state index contributed by atoms with van der Waals surface area (Å²) in [6, 6.07) is 23.1. The molecule has 5 aromatic rings. The van der Waals surface area contributed by atoms with Gasteiger partial charge < -0.3 is 0 Å². The van der Waals surface area contributed by atoms with Crippen LogP contribution in [0.25, 0.3) is 0 Å². The second-order valence-electron chi connectivity index (χ2n) is 10.3. The molecule has 0 saturated carbocycles. The molecule has 0 spiro atoms. The summed E-state index contributed by atoms with van der Waals surface area (Å²) in [5.41, 5.74) is -7.24. The molecular formula is C30H19BiN6O14. The summed E-state index contributed by atoms with van der Waals surface area (Å²) < 4.78 is 13.3. The normalized spacial score (nSPS) is 11.7. The average Bonchev–Trinajstić information content (AvgIpc) is 3.11. The van der Waals surface area contributed by atoms with E-state index in [0.717, 1.165) is 0 Å². The Morgan fingerprint density at radius 3 is 0.804 bits per heavy atom. The molecule has 0 heterocycles. The van der Waals surface area contributed by atoms with Crippen molar-refractivity contribution in [2.24, 2.45) is 0 Å². The van der Waals surface area contributed by atoms with Crippen molar-refractivity contribution >= 4 is 63.6 Å². The maximum absolute atomic E-state index is 12.5. The summed E-state index contributed by atoms with van der Waals surface area (Å²) in [6.07, 6.45) is 0. The van der Waals surface area contributed by atoms with Gasteiger partial charge in [0.05, 0.1) is 0 Å². The molecule has 0 saturated heterocycles. The van der Waals surface area contributed by atoms with Gasteiger partial charge in [-0.1, -0.05) is 0 Å². The minimum absolute atomic E-state index is 0.0372. The summed E-state index contributed by atoms with van der Waals surface area (Å²) in [4.78, 5) is 66.7. The number of non-ortho nitro benzene ring substituents is 2. The second kappa shape index (κ2) is 13.5. The van der Waals surface area contributed by atoms with Gasteiger partial charge in [-0.05, 0) is 0 Å². The number of hydrogen-bond donors (Lipinski definition) is 0. The average molecular weight is 896 g/mol. The molecule has 21 heteroatoms. The second-order valence-corrected chi connectivity index (χ2v) is 25.2. The standard InChI is InChI=1S/2C6H3N3O7.3C6H5.Bi/c2*10-6-4(8(13)14)1-3(7(11)12)2-5(6)9(15)16;3*1-2-4-6-5-3-1;/h2*1-2,10H;3*1-5H;/q;;;;;+2/p-2. The number of nitro benzene ring substituents is 6. The van der Waals surface area contributed by atoms with Crippen LogP contribution in [0.1, 0.15) is 0 Å². The first-order chi connectivity index (χ1) is 24.2. The molecule has 0 bridgehead atoms. The molecule has 0 aliphatic heterocycles. The monoisotopic (exact) mass is 896 g/mol. The summed E-state index contributed by atoms with van der Waals surface area (Å²) in [7, 11) is 0. The van der Waals surface area contributed by atoms with Crippen molar-refractivity contribution < 1.29 is 35.2 Å². The van der Waals surface area contributed by atoms with Crippen LogP contribution in [0.4, 0.5) is 34.1 Å². The third-order valence-electron chi connectivity index (χ3n) is 7.48. The first kappa shape index (κ1) is 35.3. The molecule has 0 atom stereocenters. The van der Waals surface area contributed by atoms with Gasteiger partial charge in [0.15, 0.2) is 0 Å². The molecule has 0 N–H and O–H groups in total. The van der Waals surface area contributed by atoms with Crippen molar-refractivity contribution in [1.29, 1.82) is 0 Å². The van der Waals surface area contributed by atoms with Crippen molar-refractivity contribution in [1.82, 2.24) is 0 Å². The Morgan fingerprint density at radius 2 is 0.608 bits per heavy atom. The number of benzene rings is 5. The van der Waals surface area contributed by atoms with Crippen molar-refractivity contribution in [3.8, 4) is 11.5 Å². The van der Waals surface area contributed by atoms with Gasteiger partial charge in [-0.2, -0.15) is 0 Å². The van der Waals surface area contributed by atoms with E-state index in [1.807, 2.05) is 0 Å². The molecule has 51 heavy (non-hydrogen) atoms. The Balaban J connectivity index is 2.12. The van der Waals surface area contributed by atoms with Gasteiger partial charge in [0.25, 0.3) is 0 Å². The van der Waals surface area contributed by atoms with Crippen molar-refractivity contribution in [2.75, 3.05) is 0 Å². The number of nitro groups is 6. The number of hydrogen-bond acceptors (Lipinski definition) is 14. The molecule has 5 aromatic carbocycles. The zero-order valence-corrected chi connectivity index (χ0v) is 28.8. The summed E-state index contributed by atoms with van der Waals surface area (Å²) in [6.45, 7) is 0. The molecule has 0 aromatic heterocycles. The SMILES string of the molecule is O=[N+]([O-])c1cc([N+](=O)[O-])c([O][Bi]([O]c2c([N+](=O)[O-])cc([N+](=O)[O-])cc2[N+](=O)[O-])([c]2ccccc2)([c]2ccccc2)[c]2ccccc2)c([N+](=O)[O-])c1. The van der Waals surface area contributed by atoms with Crippen LogP contribution < -0.4 is 15.4 Å². The van der Waals surface area contributed by atoms with E-state index in [-0.39, 0.29) is 9.81 Å². The van der Waals surface area contributed by atoms with Crippen LogP contribution in [0.5, 0.6) is 11.5 Å². The number of nitrogens with zero attached hydrogens (tertiary/aromatic N) is 6. The van der Waals surface area contributed by atoms with Crippen molar-refractivity contribution in [2.45, 2.75) is 0 Å². The van der Waals surface area contributed by atoms with Gasteiger partial charge in [0.1, 0.15) is 0 Å². The Kier molecular flexibility index (Phi) is 9.33.